The summed E-state index contributed by atoms with van der Waals surface area (Å²) in [6.45, 7) is 0.133. The van der Waals surface area contributed by atoms with Gasteiger partial charge in [-0.1, -0.05) is 42.5 Å². The van der Waals surface area contributed by atoms with Crippen LogP contribution < -0.4 is 15.2 Å². The summed E-state index contributed by atoms with van der Waals surface area (Å²) in [7, 11) is 1.58. The molecular formula is C17H21NO3. The minimum absolute atomic E-state index is 0.133. The summed E-state index contributed by atoms with van der Waals surface area (Å²) in [5, 5.41) is 10.1. The Morgan fingerprint density at radius 2 is 1.62 bits per heavy atom. The van der Waals surface area contributed by atoms with Gasteiger partial charge in [0.05, 0.1) is 7.11 Å². The van der Waals surface area contributed by atoms with Crippen LogP contribution in [0.25, 0.3) is 0 Å². The standard InChI is InChI=1S/C17H21NO3/c1-20-16-9-5-6-10-17(16)21-12-15(19)14(18)11-13-7-3-2-4-8-13/h2-10,14-15,19H,11-12,18H2,1H3. The molecule has 0 spiro atoms. The number of hydrogen-bond donors (Lipinski definition) is 2. The van der Waals surface area contributed by atoms with E-state index in [1.54, 1.807) is 13.2 Å². The molecule has 21 heavy (non-hydrogen) atoms. The summed E-state index contributed by atoms with van der Waals surface area (Å²) in [6, 6.07) is 16.8. The van der Waals surface area contributed by atoms with Crippen molar-refractivity contribution >= 4 is 0 Å². The van der Waals surface area contributed by atoms with Crippen LogP contribution >= 0.6 is 0 Å². The minimum Gasteiger partial charge on any atom is -0.493 e. The van der Waals surface area contributed by atoms with Crippen molar-refractivity contribution in [3.05, 3.63) is 60.2 Å². The normalized spacial score (nSPS) is 13.5. The highest BCUT2D eigenvalue weighted by Crippen LogP contribution is 2.25. The molecule has 0 saturated carbocycles. The highest BCUT2D eigenvalue weighted by molar-refractivity contribution is 5.39. The predicted molar refractivity (Wildman–Crippen MR) is 82.6 cm³/mol. The lowest BCUT2D eigenvalue weighted by Crippen LogP contribution is -2.40. The molecule has 2 aromatic rings. The number of benzene rings is 2. The van der Waals surface area contributed by atoms with Crippen LogP contribution in [0.3, 0.4) is 0 Å². The van der Waals surface area contributed by atoms with E-state index in [2.05, 4.69) is 0 Å². The third kappa shape index (κ3) is 4.48. The lowest BCUT2D eigenvalue weighted by Gasteiger charge is -2.20. The number of para-hydroxylation sites is 2. The van der Waals surface area contributed by atoms with Gasteiger partial charge in [0.1, 0.15) is 12.7 Å². The molecule has 0 heterocycles. The van der Waals surface area contributed by atoms with E-state index in [1.165, 1.54) is 0 Å². The molecule has 3 N–H and O–H groups in total. The van der Waals surface area contributed by atoms with Crippen molar-refractivity contribution in [2.75, 3.05) is 13.7 Å². The molecule has 2 rings (SSSR count). The zero-order valence-corrected chi connectivity index (χ0v) is 12.1. The molecule has 0 aliphatic rings. The van der Waals surface area contributed by atoms with Crippen LogP contribution in [0.2, 0.25) is 0 Å². The zero-order chi connectivity index (χ0) is 15.1. The highest BCUT2D eigenvalue weighted by atomic mass is 16.5. The third-order valence-corrected chi connectivity index (χ3v) is 3.29. The van der Waals surface area contributed by atoms with Gasteiger partial charge in [0.15, 0.2) is 11.5 Å². The van der Waals surface area contributed by atoms with Crippen molar-refractivity contribution < 1.29 is 14.6 Å². The minimum atomic E-state index is -0.741. The molecule has 4 nitrogen and oxygen atoms in total. The molecule has 0 fully saturated rings. The Bertz CT molecular complexity index is 545. The van der Waals surface area contributed by atoms with Crippen LogP contribution in [0.15, 0.2) is 54.6 Å². The van der Waals surface area contributed by atoms with Gasteiger partial charge in [0, 0.05) is 6.04 Å². The molecule has 2 unspecified atom stereocenters. The molecule has 4 heteroatoms. The summed E-state index contributed by atoms with van der Waals surface area (Å²) >= 11 is 0. The van der Waals surface area contributed by atoms with Crippen molar-refractivity contribution in [2.45, 2.75) is 18.6 Å². The lowest BCUT2D eigenvalue weighted by molar-refractivity contribution is 0.0838. The largest absolute Gasteiger partial charge is 0.493 e. The van der Waals surface area contributed by atoms with Gasteiger partial charge in [-0.25, -0.2) is 0 Å². The number of rotatable bonds is 7. The van der Waals surface area contributed by atoms with Gasteiger partial charge in [-0.2, -0.15) is 0 Å². The van der Waals surface area contributed by atoms with Gasteiger partial charge in [0.25, 0.3) is 0 Å². The number of aliphatic hydroxyl groups is 1. The first-order valence-corrected chi connectivity index (χ1v) is 6.94. The molecule has 0 saturated heterocycles. The van der Waals surface area contributed by atoms with E-state index in [0.29, 0.717) is 17.9 Å². The van der Waals surface area contributed by atoms with Crippen molar-refractivity contribution in [3.63, 3.8) is 0 Å². The first kappa shape index (κ1) is 15.4. The third-order valence-electron chi connectivity index (χ3n) is 3.29. The van der Waals surface area contributed by atoms with E-state index in [1.807, 2.05) is 48.5 Å². The predicted octanol–water partition coefficient (Wildman–Crippen LogP) is 2.00. The van der Waals surface area contributed by atoms with Crippen LogP contribution in [0.5, 0.6) is 11.5 Å². The number of hydrogen-bond acceptors (Lipinski definition) is 4. The summed E-state index contributed by atoms with van der Waals surface area (Å²) in [4.78, 5) is 0. The van der Waals surface area contributed by atoms with Crippen LogP contribution in [-0.2, 0) is 6.42 Å². The van der Waals surface area contributed by atoms with Crippen LogP contribution in [0, 0.1) is 0 Å². The van der Waals surface area contributed by atoms with Gasteiger partial charge in [-0.3, -0.25) is 0 Å². The Kier molecular flexibility index (Phi) is 5.60. The van der Waals surface area contributed by atoms with Gasteiger partial charge in [-0.05, 0) is 24.1 Å². The summed E-state index contributed by atoms with van der Waals surface area (Å²) < 4.78 is 10.8. The Morgan fingerprint density at radius 1 is 1.00 bits per heavy atom. The number of nitrogens with two attached hydrogens (primary N) is 1. The second kappa shape index (κ2) is 7.67. The second-order valence-electron chi connectivity index (χ2n) is 4.88. The highest BCUT2D eigenvalue weighted by Gasteiger charge is 2.16. The topological polar surface area (TPSA) is 64.7 Å². The van der Waals surface area contributed by atoms with E-state index in [0.717, 1.165) is 5.56 Å². The smallest absolute Gasteiger partial charge is 0.161 e. The average molecular weight is 287 g/mol. The fourth-order valence-corrected chi connectivity index (χ4v) is 2.06. The van der Waals surface area contributed by atoms with Gasteiger partial charge < -0.3 is 20.3 Å². The van der Waals surface area contributed by atoms with Crippen molar-refractivity contribution in [2.24, 2.45) is 5.73 Å². The summed E-state index contributed by atoms with van der Waals surface area (Å²) in [5.41, 5.74) is 7.12. The summed E-state index contributed by atoms with van der Waals surface area (Å²) in [5.74, 6) is 1.24. The van der Waals surface area contributed by atoms with Crippen LogP contribution in [-0.4, -0.2) is 31.0 Å². The van der Waals surface area contributed by atoms with E-state index in [4.69, 9.17) is 15.2 Å². The van der Waals surface area contributed by atoms with Crippen molar-refractivity contribution in [1.82, 2.24) is 0 Å². The SMILES string of the molecule is COc1ccccc1OCC(O)C(N)Cc1ccccc1. The number of ether oxygens (including phenoxy) is 2. The van der Waals surface area contributed by atoms with E-state index in [-0.39, 0.29) is 12.6 Å². The quantitative estimate of drug-likeness (QED) is 0.817. The Hall–Kier alpha value is -2.04. The Morgan fingerprint density at radius 3 is 2.29 bits per heavy atom. The maximum atomic E-state index is 10.1. The molecular weight excluding hydrogens is 266 g/mol. The molecule has 0 aliphatic carbocycles. The zero-order valence-electron chi connectivity index (χ0n) is 12.1. The fourth-order valence-electron chi connectivity index (χ4n) is 2.06. The van der Waals surface area contributed by atoms with Crippen LogP contribution in [0.4, 0.5) is 0 Å². The Labute approximate surface area is 125 Å². The van der Waals surface area contributed by atoms with Gasteiger partial charge in [-0.15, -0.1) is 0 Å². The number of aliphatic hydroxyl groups excluding tert-OH is 1. The molecule has 0 radical (unpaired) electrons. The van der Waals surface area contributed by atoms with Crippen molar-refractivity contribution in [3.8, 4) is 11.5 Å². The summed E-state index contributed by atoms with van der Waals surface area (Å²) in [6.07, 6.45) is -0.132. The first-order chi connectivity index (χ1) is 10.2. The van der Waals surface area contributed by atoms with E-state index < -0.39 is 6.10 Å². The monoisotopic (exact) mass is 287 g/mol. The van der Waals surface area contributed by atoms with Crippen LogP contribution in [0.1, 0.15) is 5.56 Å². The lowest BCUT2D eigenvalue weighted by atomic mass is 10.0. The van der Waals surface area contributed by atoms with E-state index >= 15 is 0 Å². The fraction of sp³-hybridized carbons (Fsp3) is 0.294. The molecule has 2 aromatic carbocycles. The van der Waals surface area contributed by atoms with Gasteiger partial charge in [0.2, 0.25) is 0 Å². The first-order valence-electron chi connectivity index (χ1n) is 6.94. The molecule has 0 amide bonds. The molecule has 2 atom stereocenters. The maximum absolute atomic E-state index is 10.1. The molecule has 0 bridgehead atoms. The second-order valence-corrected chi connectivity index (χ2v) is 4.88. The van der Waals surface area contributed by atoms with E-state index in [9.17, 15) is 5.11 Å². The van der Waals surface area contributed by atoms with Crippen molar-refractivity contribution in [1.29, 1.82) is 0 Å². The molecule has 112 valence electrons. The molecule has 0 aromatic heterocycles. The van der Waals surface area contributed by atoms with Gasteiger partial charge >= 0.3 is 0 Å². The number of methoxy groups -OCH3 is 1. The maximum Gasteiger partial charge on any atom is 0.161 e. The molecule has 0 aliphatic heterocycles. The average Bonchev–Trinajstić information content (AvgIpc) is 2.53. The Balaban J connectivity index is 1.87.